The smallest absolute Gasteiger partial charge is 0.122 e. The van der Waals surface area contributed by atoms with Crippen molar-refractivity contribution in [3.05, 3.63) is 23.3 Å². The van der Waals surface area contributed by atoms with E-state index in [-0.39, 0.29) is 0 Å². The fraction of sp³-hybridized carbons (Fsp3) is 0.611. The van der Waals surface area contributed by atoms with Crippen LogP contribution in [0.4, 0.5) is 5.69 Å². The first-order valence-corrected chi connectivity index (χ1v) is 8.01. The molecular weight excluding hydrogens is 260 g/mol. The van der Waals surface area contributed by atoms with Gasteiger partial charge in [0.15, 0.2) is 0 Å². The van der Waals surface area contributed by atoms with Crippen molar-refractivity contribution in [2.45, 2.75) is 46.0 Å². The Kier molecular flexibility index (Phi) is 5.66. The highest BCUT2D eigenvalue weighted by molar-refractivity contribution is 5.64. The summed E-state index contributed by atoms with van der Waals surface area (Å²) in [7, 11) is 3.96. The summed E-state index contributed by atoms with van der Waals surface area (Å²) in [4.78, 5) is 6.45. The van der Waals surface area contributed by atoms with Gasteiger partial charge in [-0.1, -0.05) is 19.3 Å². The molecule has 1 fully saturated rings. The summed E-state index contributed by atoms with van der Waals surface area (Å²) in [5, 5.41) is 0. The maximum atomic E-state index is 6.08. The molecule has 0 unspecified atom stereocenters. The van der Waals surface area contributed by atoms with E-state index in [0.717, 1.165) is 29.5 Å². The molecule has 0 aliphatic heterocycles. The minimum absolute atomic E-state index is 0.741. The summed E-state index contributed by atoms with van der Waals surface area (Å²) < 4.78 is 6.08. The van der Waals surface area contributed by atoms with Crippen LogP contribution in [0.25, 0.3) is 0 Å². The third-order valence-electron chi connectivity index (χ3n) is 4.12. The summed E-state index contributed by atoms with van der Waals surface area (Å²) in [5.74, 6) is 1.76. The van der Waals surface area contributed by atoms with Crippen LogP contribution in [0, 0.1) is 19.8 Å². The quantitative estimate of drug-likeness (QED) is 0.589. The zero-order valence-electron chi connectivity index (χ0n) is 13.9. The van der Waals surface area contributed by atoms with Gasteiger partial charge in [-0.3, -0.25) is 0 Å². The zero-order chi connectivity index (χ0) is 15.2. The molecule has 1 aliphatic rings. The Morgan fingerprint density at radius 3 is 2.52 bits per heavy atom. The molecule has 0 aromatic heterocycles. The van der Waals surface area contributed by atoms with Gasteiger partial charge in [0.05, 0.1) is 18.6 Å². The minimum atomic E-state index is 0.741. The third-order valence-corrected chi connectivity index (χ3v) is 4.12. The summed E-state index contributed by atoms with van der Waals surface area (Å²) in [6, 6.07) is 4.24. The summed E-state index contributed by atoms with van der Waals surface area (Å²) in [6.07, 6.45) is 8.61. The van der Waals surface area contributed by atoms with Gasteiger partial charge < -0.3 is 9.64 Å². The van der Waals surface area contributed by atoms with Crippen LogP contribution in [0.5, 0.6) is 5.75 Å². The van der Waals surface area contributed by atoms with Gasteiger partial charge in [0.25, 0.3) is 0 Å². The summed E-state index contributed by atoms with van der Waals surface area (Å²) >= 11 is 0. The van der Waals surface area contributed by atoms with Gasteiger partial charge in [-0.15, -0.1) is 0 Å². The lowest BCUT2D eigenvalue weighted by Crippen LogP contribution is -2.15. The van der Waals surface area contributed by atoms with Crippen molar-refractivity contribution in [1.82, 2.24) is 4.90 Å². The number of hydrogen-bond donors (Lipinski definition) is 0. The lowest BCUT2D eigenvalue weighted by atomic mass is 9.90. The Bertz CT molecular complexity index is 488. The average Bonchev–Trinajstić information content (AvgIpc) is 2.47. The number of ether oxygens (including phenoxy) is 1. The molecule has 0 radical (unpaired) electrons. The topological polar surface area (TPSA) is 24.8 Å². The van der Waals surface area contributed by atoms with E-state index in [1.165, 1.54) is 37.7 Å². The van der Waals surface area contributed by atoms with Gasteiger partial charge in [0, 0.05) is 14.1 Å². The highest BCUT2D eigenvalue weighted by Gasteiger charge is 2.14. The fourth-order valence-electron chi connectivity index (χ4n) is 2.81. The number of rotatable bonds is 5. The predicted octanol–water partition coefficient (Wildman–Crippen LogP) is 4.48. The molecule has 3 heteroatoms. The van der Waals surface area contributed by atoms with E-state index in [1.807, 2.05) is 25.3 Å². The highest BCUT2D eigenvalue weighted by Crippen LogP contribution is 2.30. The van der Waals surface area contributed by atoms with E-state index in [0.29, 0.717) is 0 Å². The standard InChI is InChI=1S/C18H28N2O/c1-14-11-18(21-12-16-8-6-5-7-9-16)15(2)10-17(14)19-13-20(3)4/h10-11,13,16H,5-9,12H2,1-4H3/b19-13-. The number of nitrogens with zero attached hydrogens (tertiary/aromatic N) is 2. The number of aryl methyl sites for hydroxylation is 2. The fourth-order valence-corrected chi connectivity index (χ4v) is 2.81. The molecule has 1 aromatic rings. The van der Waals surface area contributed by atoms with Crippen LogP contribution in [0.3, 0.4) is 0 Å². The largest absolute Gasteiger partial charge is 0.493 e. The minimum Gasteiger partial charge on any atom is -0.493 e. The Morgan fingerprint density at radius 2 is 1.86 bits per heavy atom. The van der Waals surface area contributed by atoms with Gasteiger partial charge in [-0.05, 0) is 55.9 Å². The molecule has 21 heavy (non-hydrogen) atoms. The maximum absolute atomic E-state index is 6.08. The normalized spacial score (nSPS) is 16.4. The van der Waals surface area contributed by atoms with Crippen LogP contribution in [0.1, 0.15) is 43.2 Å². The molecule has 3 nitrogen and oxygen atoms in total. The van der Waals surface area contributed by atoms with Crippen molar-refractivity contribution in [3.8, 4) is 5.75 Å². The van der Waals surface area contributed by atoms with E-state index in [4.69, 9.17) is 4.74 Å². The summed E-state index contributed by atoms with van der Waals surface area (Å²) in [6.45, 7) is 5.06. The molecule has 0 heterocycles. The highest BCUT2D eigenvalue weighted by atomic mass is 16.5. The Hall–Kier alpha value is -1.51. The van der Waals surface area contributed by atoms with Gasteiger partial charge in [-0.2, -0.15) is 0 Å². The SMILES string of the molecule is Cc1cc(OCC2CCCCC2)c(C)cc1/N=C\N(C)C. The lowest BCUT2D eigenvalue weighted by Gasteiger charge is -2.22. The van der Waals surface area contributed by atoms with Crippen LogP contribution in [-0.2, 0) is 0 Å². The van der Waals surface area contributed by atoms with E-state index in [9.17, 15) is 0 Å². The van der Waals surface area contributed by atoms with E-state index < -0.39 is 0 Å². The van der Waals surface area contributed by atoms with E-state index in [1.54, 1.807) is 0 Å². The van der Waals surface area contributed by atoms with Crippen molar-refractivity contribution in [2.75, 3.05) is 20.7 Å². The predicted molar refractivity (Wildman–Crippen MR) is 89.8 cm³/mol. The molecule has 1 saturated carbocycles. The molecule has 0 atom stereocenters. The second kappa shape index (κ2) is 7.48. The van der Waals surface area contributed by atoms with Gasteiger partial charge in [-0.25, -0.2) is 4.99 Å². The second-order valence-corrected chi connectivity index (χ2v) is 6.43. The van der Waals surface area contributed by atoms with Crippen LogP contribution in [0.15, 0.2) is 17.1 Å². The van der Waals surface area contributed by atoms with Crippen molar-refractivity contribution in [3.63, 3.8) is 0 Å². The van der Waals surface area contributed by atoms with Gasteiger partial charge in [0.1, 0.15) is 5.75 Å². The van der Waals surface area contributed by atoms with Crippen molar-refractivity contribution < 1.29 is 4.74 Å². The zero-order valence-corrected chi connectivity index (χ0v) is 13.9. The molecule has 2 rings (SSSR count). The number of hydrogen-bond acceptors (Lipinski definition) is 2. The second-order valence-electron chi connectivity index (χ2n) is 6.43. The molecule has 0 N–H and O–H groups in total. The average molecular weight is 288 g/mol. The third kappa shape index (κ3) is 4.76. The molecule has 1 aliphatic carbocycles. The van der Waals surface area contributed by atoms with Crippen LogP contribution >= 0.6 is 0 Å². The molecular formula is C18H28N2O. The molecule has 116 valence electrons. The molecule has 0 bridgehead atoms. The van der Waals surface area contributed by atoms with Crippen molar-refractivity contribution in [1.29, 1.82) is 0 Å². The lowest BCUT2D eigenvalue weighted by molar-refractivity contribution is 0.208. The Morgan fingerprint density at radius 1 is 1.14 bits per heavy atom. The van der Waals surface area contributed by atoms with Crippen molar-refractivity contribution in [2.24, 2.45) is 10.9 Å². The van der Waals surface area contributed by atoms with Crippen molar-refractivity contribution >= 4 is 12.0 Å². The molecule has 0 amide bonds. The molecule has 1 aromatic carbocycles. The van der Waals surface area contributed by atoms with Crippen LogP contribution < -0.4 is 4.74 Å². The summed E-state index contributed by atoms with van der Waals surface area (Å²) in [5.41, 5.74) is 3.35. The van der Waals surface area contributed by atoms with Crippen LogP contribution in [0.2, 0.25) is 0 Å². The van der Waals surface area contributed by atoms with Gasteiger partial charge in [0.2, 0.25) is 0 Å². The molecule has 0 spiro atoms. The first kappa shape index (κ1) is 15.9. The Labute approximate surface area is 129 Å². The monoisotopic (exact) mass is 288 g/mol. The molecule has 0 saturated heterocycles. The maximum Gasteiger partial charge on any atom is 0.122 e. The van der Waals surface area contributed by atoms with E-state index >= 15 is 0 Å². The Balaban J connectivity index is 2.01. The van der Waals surface area contributed by atoms with E-state index in [2.05, 4.69) is 31.0 Å². The first-order valence-electron chi connectivity index (χ1n) is 8.01. The first-order chi connectivity index (χ1) is 10.1. The number of aliphatic imine (C=N–C) groups is 1. The van der Waals surface area contributed by atoms with Crippen LogP contribution in [-0.4, -0.2) is 31.9 Å². The number of benzene rings is 1. The van der Waals surface area contributed by atoms with Gasteiger partial charge >= 0.3 is 0 Å².